The van der Waals surface area contributed by atoms with Gasteiger partial charge in [-0.25, -0.2) is 0 Å². The van der Waals surface area contributed by atoms with E-state index in [-0.39, 0.29) is 5.75 Å². The molecule has 0 unspecified atom stereocenters. The van der Waals surface area contributed by atoms with Gasteiger partial charge in [0, 0.05) is 18.1 Å². The third-order valence-electron chi connectivity index (χ3n) is 3.03. The molecule has 3 heteroatoms. The lowest BCUT2D eigenvalue weighted by Gasteiger charge is -2.07. The van der Waals surface area contributed by atoms with E-state index in [4.69, 9.17) is 11.6 Å². The Morgan fingerprint density at radius 1 is 1.00 bits per heavy atom. The number of hydrogen-bond donors (Lipinski definition) is 1. The zero-order valence-corrected chi connectivity index (χ0v) is 10.4. The van der Waals surface area contributed by atoms with Crippen LogP contribution in [-0.4, -0.2) is 9.67 Å². The highest BCUT2D eigenvalue weighted by atomic mass is 35.5. The molecule has 1 N–H and O–H groups in total. The van der Waals surface area contributed by atoms with Gasteiger partial charge in [0.05, 0.1) is 10.5 Å². The first-order chi connectivity index (χ1) is 8.74. The molecule has 2 nitrogen and oxygen atoms in total. The number of benzene rings is 2. The molecule has 0 bridgehead atoms. The molecule has 18 heavy (non-hydrogen) atoms. The molecule has 1 aromatic heterocycles. The summed E-state index contributed by atoms with van der Waals surface area (Å²) in [4.78, 5) is 0. The molecule has 0 aliphatic rings. The molecule has 0 fully saturated rings. The zero-order chi connectivity index (χ0) is 12.5. The molecule has 0 aliphatic carbocycles. The van der Waals surface area contributed by atoms with Gasteiger partial charge in [0.25, 0.3) is 0 Å². The summed E-state index contributed by atoms with van der Waals surface area (Å²) in [6.45, 7) is 0.744. The number of nitrogens with zero attached hydrogens (tertiary/aromatic N) is 1. The third kappa shape index (κ3) is 1.95. The van der Waals surface area contributed by atoms with Crippen molar-refractivity contribution in [2.75, 3.05) is 0 Å². The van der Waals surface area contributed by atoms with Crippen LogP contribution in [0.5, 0.6) is 5.75 Å². The van der Waals surface area contributed by atoms with Crippen LogP contribution in [0.1, 0.15) is 5.56 Å². The minimum atomic E-state index is 0.286. The molecular weight excluding hydrogens is 246 g/mol. The smallest absolute Gasteiger partial charge is 0.115 e. The lowest BCUT2D eigenvalue weighted by atomic mass is 10.2. The van der Waals surface area contributed by atoms with Crippen molar-refractivity contribution in [1.82, 2.24) is 4.57 Å². The van der Waals surface area contributed by atoms with Crippen molar-refractivity contribution >= 4 is 22.5 Å². The van der Waals surface area contributed by atoms with E-state index in [0.717, 1.165) is 28.0 Å². The lowest BCUT2D eigenvalue weighted by molar-refractivity contribution is 0.475. The maximum atomic E-state index is 9.27. The monoisotopic (exact) mass is 257 g/mol. The number of aromatic nitrogens is 1. The maximum absolute atomic E-state index is 9.27. The van der Waals surface area contributed by atoms with E-state index >= 15 is 0 Å². The number of fused-ring (bicyclic) bond motifs is 1. The predicted octanol–water partition coefficient (Wildman–Crippen LogP) is 4.05. The number of phenolic OH excluding ortho intramolecular Hbond substituents is 1. The summed E-state index contributed by atoms with van der Waals surface area (Å²) in [6, 6.07) is 15.2. The van der Waals surface area contributed by atoms with E-state index in [1.165, 1.54) is 0 Å². The second-order valence-corrected chi connectivity index (χ2v) is 4.69. The van der Waals surface area contributed by atoms with Crippen molar-refractivity contribution in [3.8, 4) is 5.75 Å². The Labute approximate surface area is 110 Å². The lowest BCUT2D eigenvalue weighted by Crippen LogP contribution is -1.97. The Bertz CT molecular complexity index is 685. The minimum absolute atomic E-state index is 0.286. The quantitative estimate of drug-likeness (QED) is 0.736. The number of rotatable bonds is 2. The second-order valence-electron chi connectivity index (χ2n) is 4.29. The first kappa shape index (κ1) is 11.2. The largest absolute Gasteiger partial charge is 0.508 e. The van der Waals surface area contributed by atoms with Gasteiger partial charge in [0.15, 0.2) is 0 Å². The van der Waals surface area contributed by atoms with Crippen LogP contribution in [0.15, 0.2) is 54.7 Å². The standard InChI is InChI=1S/C15H12ClNO/c16-14-3-1-2-12-8-9-17(15(12)14)10-11-4-6-13(18)7-5-11/h1-9,18H,10H2. The highest BCUT2D eigenvalue weighted by Crippen LogP contribution is 2.25. The zero-order valence-electron chi connectivity index (χ0n) is 9.68. The molecular formula is C15H12ClNO. The summed E-state index contributed by atoms with van der Waals surface area (Å²) >= 11 is 6.23. The summed E-state index contributed by atoms with van der Waals surface area (Å²) in [5.41, 5.74) is 2.18. The van der Waals surface area contributed by atoms with Crippen molar-refractivity contribution in [2.24, 2.45) is 0 Å². The molecule has 0 spiro atoms. The Balaban J connectivity index is 2.02. The summed E-state index contributed by atoms with van der Waals surface area (Å²) in [5.74, 6) is 0.286. The normalized spacial score (nSPS) is 10.9. The molecule has 0 atom stereocenters. The van der Waals surface area contributed by atoms with E-state index in [2.05, 4.69) is 16.7 Å². The Hall–Kier alpha value is -1.93. The van der Waals surface area contributed by atoms with E-state index < -0.39 is 0 Å². The summed E-state index contributed by atoms with van der Waals surface area (Å²) in [5, 5.41) is 11.2. The molecule has 0 radical (unpaired) electrons. The first-order valence-electron chi connectivity index (χ1n) is 5.75. The van der Waals surface area contributed by atoms with Crippen molar-refractivity contribution in [3.63, 3.8) is 0 Å². The van der Waals surface area contributed by atoms with E-state index in [9.17, 15) is 5.11 Å². The van der Waals surface area contributed by atoms with E-state index in [0.29, 0.717) is 0 Å². The van der Waals surface area contributed by atoms with Gasteiger partial charge in [0.1, 0.15) is 5.75 Å². The summed E-state index contributed by atoms with van der Waals surface area (Å²) < 4.78 is 2.12. The van der Waals surface area contributed by atoms with Gasteiger partial charge >= 0.3 is 0 Å². The fourth-order valence-electron chi connectivity index (χ4n) is 2.14. The van der Waals surface area contributed by atoms with E-state index in [1.54, 1.807) is 12.1 Å². The number of phenols is 1. The maximum Gasteiger partial charge on any atom is 0.115 e. The van der Waals surface area contributed by atoms with Crippen LogP contribution in [0.25, 0.3) is 10.9 Å². The highest BCUT2D eigenvalue weighted by Gasteiger charge is 2.05. The third-order valence-corrected chi connectivity index (χ3v) is 3.33. The molecule has 0 amide bonds. The van der Waals surface area contributed by atoms with Crippen LogP contribution in [0, 0.1) is 0 Å². The molecule has 0 saturated heterocycles. The predicted molar refractivity (Wildman–Crippen MR) is 74.2 cm³/mol. The molecule has 0 aliphatic heterocycles. The fraction of sp³-hybridized carbons (Fsp3) is 0.0667. The SMILES string of the molecule is Oc1ccc(Cn2ccc3cccc(Cl)c32)cc1. The van der Waals surface area contributed by atoms with Gasteiger partial charge in [-0.05, 0) is 29.8 Å². The number of aromatic hydroxyl groups is 1. The van der Waals surface area contributed by atoms with Crippen LogP contribution in [0.4, 0.5) is 0 Å². The molecule has 0 saturated carbocycles. The van der Waals surface area contributed by atoms with Crippen LogP contribution < -0.4 is 0 Å². The number of hydrogen-bond acceptors (Lipinski definition) is 1. The summed E-state index contributed by atoms with van der Waals surface area (Å²) in [7, 11) is 0. The van der Waals surface area contributed by atoms with Crippen molar-refractivity contribution < 1.29 is 5.11 Å². The van der Waals surface area contributed by atoms with Crippen molar-refractivity contribution in [1.29, 1.82) is 0 Å². The average Bonchev–Trinajstić information content (AvgIpc) is 2.77. The Kier molecular flexibility index (Phi) is 2.73. The van der Waals surface area contributed by atoms with Gasteiger partial charge in [-0.3, -0.25) is 0 Å². The molecule has 1 heterocycles. The number of para-hydroxylation sites is 1. The van der Waals surface area contributed by atoms with Gasteiger partial charge in [-0.1, -0.05) is 35.9 Å². The Morgan fingerprint density at radius 2 is 1.78 bits per heavy atom. The molecule has 3 aromatic rings. The van der Waals surface area contributed by atoms with E-state index in [1.807, 2.05) is 30.5 Å². The van der Waals surface area contributed by atoms with Crippen LogP contribution in [-0.2, 0) is 6.54 Å². The number of halogens is 1. The van der Waals surface area contributed by atoms with Crippen LogP contribution in [0.3, 0.4) is 0 Å². The van der Waals surface area contributed by atoms with Gasteiger partial charge in [-0.15, -0.1) is 0 Å². The second kappa shape index (κ2) is 4.39. The van der Waals surface area contributed by atoms with Gasteiger partial charge < -0.3 is 9.67 Å². The molecule has 2 aromatic carbocycles. The Morgan fingerprint density at radius 3 is 2.56 bits per heavy atom. The first-order valence-corrected chi connectivity index (χ1v) is 6.13. The van der Waals surface area contributed by atoms with Crippen LogP contribution >= 0.6 is 11.6 Å². The summed E-state index contributed by atoms with van der Waals surface area (Å²) in [6.07, 6.45) is 2.03. The van der Waals surface area contributed by atoms with Crippen molar-refractivity contribution in [2.45, 2.75) is 6.54 Å². The minimum Gasteiger partial charge on any atom is -0.508 e. The van der Waals surface area contributed by atoms with Crippen molar-refractivity contribution in [3.05, 3.63) is 65.3 Å². The average molecular weight is 258 g/mol. The van der Waals surface area contributed by atoms with Gasteiger partial charge in [-0.2, -0.15) is 0 Å². The highest BCUT2D eigenvalue weighted by molar-refractivity contribution is 6.35. The fourth-order valence-corrected chi connectivity index (χ4v) is 2.43. The van der Waals surface area contributed by atoms with Crippen LogP contribution in [0.2, 0.25) is 5.02 Å². The molecule has 3 rings (SSSR count). The van der Waals surface area contributed by atoms with Gasteiger partial charge in [0.2, 0.25) is 0 Å². The topological polar surface area (TPSA) is 25.2 Å². The molecule has 90 valence electrons.